The molecule has 1 aromatic carbocycles. The summed E-state index contributed by atoms with van der Waals surface area (Å²) in [6, 6.07) is 3.56. The van der Waals surface area contributed by atoms with Gasteiger partial charge in [0.2, 0.25) is 0 Å². The van der Waals surface area contributed by atoms with E-state index in [-0.39, 0.29) is 42.2 Å². The standard InChI is InChI=1S/C22H22ClF2N5O2/c23-11-7-27-21(28-8-11)15-9-30(10-16(15)26)22(31)14-3-1-12(24)5-18(14)32-19-6-13-2-4-17(29-13)20(19)25/h1,3,5,7-8,13,17,19-20,26-27,29H,2,4,6,9-10H2/b21-15+,26-16?/t13-,17+,19+,20?/m0/s1. The Kier molecular flexibility index (Phi) is 5.46. The van der Waals surface area contributed by atoms with Crippen LogP contribution in [0.2, 0.25) is 0 Å². The van der Waals surface area contributed by atoms with Gasteiger partial charge in [0.25, 0.3) is 5.91 Å². The summed E-state index contributed by atoms with van der Waals surface area (Å²) < 4.78 is 34.8. The van der Waals surface area contributed by atoms with Gasteiger partial charge in [0, 0.05) is 42.6 Å². The molecule has 0 aromatic heterocycles. The summed E-state index contributed by atoms with van der Waals surface area (Å²) in [5.41, 5.74) is 0.956. The smallest absolute Gasteiger partial charge is 0.258 e. The van der Waals surface area contributed by atoms with Crippen molar-refractivity contribution in [2.24, 2.45) is 4.99 Å². The number of nitrogens with zero attached hydrogens (tertiary/aromatic N) is 2. The van der Waals surface area contributed by atoms with Crippen molar-refractivity contribution in [1.82, 2.24) is 15.5 Å². The Morgan fingerprint density at radius 1 is 1.31 bits per heavy atom. The minimum atomic E-state index is -1.23. The van der Waals surface area contributed by atoms with Crippen LogP contribution in [0.25, 0.3) is 0 Å². The molecule has 4 aliphatic heterocycles. The molecule has 4 aliphatic rings. The maximum absolute atomic E-state index is 14.9. The molecule has 0 radical (unpaired) electrons. The summed E-state index contributed by atoms with van der Waals surface area (Å²) in [4.78, 5) is 18.9. The minimum Gasteiger partial charge on any atom is -0.486 e. The van der Waals surface area contributed by atoms with Gasteiger partial charge >= 0.3 is 0 Å². The van der Waals surface area contributed by atoms with E-state index in [1.54, 1.807) is 6.20 Å². The highest BCUT2D eigenvalue weighted by molar-refractivity contribution is 6.39. The van der Waals surface area contributed by atoms with Gasteiger partial charge in [-0.25, -0.2) is 13.8 Å². The predicted molar refractivity (Wildman–Crippen MR) is 116 cm³/mol. The van der Waals surface area contributed by atoms with Gasteiger partial charge in [-0.2, -0.15) is 0 Å². The number of likely N-dealkylation sites (tertiary alicyclic amines) is 1. The summed E-state index contributed by atoms with van der Waals surface area (Å²) in [6.45, 7) is 0.231. The number of carbonyl (C=O) groups is 1. The van der Waals surface area contributed by atoms with E-state index >= 15 is 0 Å². The number of carbonyl (C=O) groups excluding carboxylic acids is 1. The molecular formula is C22H22ClF2N5O2. The van der Waals surface area contributed by atoms with Gasteiger partial charge in [-0.15, -0.1) is 0 Å². The fourth-order valence-corrected chi connectivity index (χ4v) is 4.77. The molecule has 0 aliphatic carbocycles. The summed E-state index contributed by atoms with van der Waals surface area (Å²) >= 11 is 5.86. The number of hydrogen-bond acceptors (Lipinski definition) is 6. The van der Waals surface area contributed by atoms with Crippen molar-refractivity contribution in [2.75, 3.05) is 13.1 Å². The number of benzene rings is 1. The maximum atomic E-state index is 14.9. The molecule has 0 saturated carbocycles. The zero-order valence-corrected chi connectivity index (χ0v) is 17.8. The third kappa shape index (κ3) is 3.91. The topological polar surface area (TPSA) is 89.8 Å². The lowest BCUT2D eigenvalue weighted by Gasteiger charge is -2.33. The molecule has 3 fully saturated rings. The molecule has 10 heteroatoms. The van der Waals surface area contributed by atoms with Crippen molar-refractivity contribution in [3.05, 3.63) is 52.2 Å². The van der Waals surface area contributed by atoms with Crippen LogP contribution in [-0.4, -0.2) is 60.2 Å². The summed E-state index contributed by atoms with van der Waals surface area (Å²) in [6.07, 6.45) is 3.13. The lowest BCUT2D eigenvalue weighted by Crippen LogP contribution is -2.51. The number of ether oxygens (including phenoxy) is 1. The zero-order valence-electron chi connectivity index (χ0n) is 17.1. The average Bonchev–Trinajstić information content (AvgIpc) is 3.36. The van der Waals surface area contributed by atoms with Crippen LogP contribution in [0.1, 0.15) is 29.6 Å². The largest absolute Gasteiger partial charge is 0.486 e. The molecule has 5 rings (SSSR count). The molecular weight excluding hydrogens is 440 g/mol. The number of piperidine rings is 1. The molecule has 2 bridgehead atoms. The van der Waals surface area contributed by atoms with Crippen molar-refractivity contribution in [1.29, 1.82) is 5.41 Å². The van der Waals surface area contributed by atoms with E-state index in [4.69, 9.17) is 21.7 Å². The Bertz CT molecular complexity index is 1070. The van der Waals surface area contributed by atoms with E-state index in [1.807, 2.05) is 0 Å². The molecule has 32 heavy (non-hydrogen) atoms. The second kappa shape index (κ2) is 8.29. The zero-order chi connectivity index (χ0) is 22.4. The lowest BCUT2D eigenvalue weighted by molar-refractivity contribution is 0.0442. The van der Waals surface area contributed by atoms with Gasteiger partial charge < -0.3 is 25.7 Å². The first-order chi connectivity index (χ1) is 15.4. The second-order valence-corrected chi connectivity index (χ2v) is 8.86. The van der Waals surface area contributed by atoms with Gasteiger partial charge in [0.15, 0.2) is 6.17 Å². The normalized spacial score (nSPS) is 31.5. The Morgan fingerprint density at radius 3 is 2.94 bits per heavy atom. The summed E-state index contributed by atoms with van der Waals surface area (Å²) in [5.74, 6) is -0.498. The van der Waals surface area contributed by atoms with Gasteiger partial charge in [-0.3, -0.25) is 4.79 Å². The second-order valence-electron chi connectivity index (χ2n) is 8.42. The third-order valence-corrected chi connectivity index (χ3v) is 6.49. The highest BCUT2D eigenvalue weighted by atomic mass is 35.5. The van der Waals surface area contributed by atoms with Crippen molar-refractivity contribution in [2.45, 2.75) is 43.6 Å². The molecule has 1 amide bonds. The van der Waals surface area contributed by atoms with Crippen molar-refractivity contribution < 1.29 is 18.3 Å². The molecule has 1 unspecified atom stereocenters. The Balaban J connectivity index is 1.37. The molecule has 4 atom stereocenters. The molecule has 4 heterocycles. The van der Waals surface area contributed by atoms with Gasteiger partial charge in [0.1, 0.15) is 23.5 Å². The van der Waals surface area contributed by atoms with Crippen LogP contribution in [0.15, 0.2) is 45.8 Å². The van der Waals surface area contributed by atoms with E-state index in [0.717, 1.165) is 18.9 Å². The van der Waals surface area contributed by atoms with Crippen molar-refractivity contribution >= 4 is 29.4 Å². The minimum absolute atomic E-state index is 0.0279. The quantitative estimate of drug-likeness (QED) is 0.645. The molecule has 168 valence electrons. The number of amides is 1. The highest BCUT2D eigenvalue weighted by Crippen LogP contribution is 2.34. The molecule has 0 spiro atoms. The van der Waals surface area contributed by atoms with Crippen LogP contribution in [0.4, 0.5) is 8.78 Å². The fraction of sp³-hybridized carbons (Fsp3) is 0.409. The summed E-state index contributed by atoms with van der Waals surface area (Å²) in [7, 11) is 0. The average molecular weight is 462 g/mol. The van der Waals surface area contributed by atoms with Gasteiger partial charge in [0.05, 0.1) is 29.4 Å². The van der Waals surface area contributed by atoms with Gasteiger partial charge in [-0.1, -0.05) is 11.6 Å². The lowest BCUT2D eigenvalue weighted by atomic mass is 10.00. The Morgan fingerprint density at radius 2 is 2.16 bits per heavy atom. The Hall–Kier alpha value is -2.78. The monoisotopic (exact) mass is 461 g/mol. The van der Waals surface area contributed by atoms with Crippen LogP contribution < -0.4 is 15.4 Å². The Labute approximate surface area is 188 Å². The highest BCUT2D eigenvalue weighted by Gasteiger charge is 2.43. The van der Waals surface area contributed by atoms with E-state index in [1.165, 1.54) is 23.2 Å². The van der Waals surface area contributed by atoms with Crippen molar-refractivity contribution in [3.63, 3.8) is 0 Å². The molecule has 7 nitrogen and oxygen atoms in total. The molecule has 1 aromatic rings. The number of allylic oxidation sites excluding steroid dienone is 1. The number of rotatable bonds is 3. The fourth-order valence-electron chi connectivity index (χ4n) is 4.67. The number of aliphatic imine (C=N–C) groups is 1. The summed E-state index contributed by atoms with van der Waals surface area (Å²) in [5, 5.41) is 14.9. The number of nitrogens with one attached hydrogen (secondary N) is 3. The predicted octanol–water partition coefficient (Wildman–Crippen LogP) is 2.88. The van der Waals surface area contributed by atoms with E-state index in [2.05, 4.69) is 15.6 Å². The first-order valence-electron chi connectivity index (χ1n) is 10.5. The first-order valence-corrected chi connectivity index (χ1v) is 10.9. The van der Waals surface area contributed by atoms with Crippen LogP contribution in [0.5, 0.6) is 5.75 Å². The van der Waals surface area contributed by atoms with Crippen LogP contribution in [-0.2, 0) is 0 Å². The van der Waals surface area contributed by atoms with E-state index in [0.29, 0.717) is 22.8 Å². The van der Waals surface area contributed by atoms with Crippen molar-refractivity contribution in [3.8, 4) is 5.75 Å². The SMILES string of the molecule is N=C1CN(C(=O)c2ccc(F)cc2O[C@@H]2C[C@@H]3CC[C@@H](N3)C2F)C/C1=C1\N=CC(Cl)=CN1. The van der Waals surface area contributed by atoms with Gasteiger partial charge in [-0.05, 0) is 25.0 Å². The van der Waals surface area contributed by atoms with Crippen LogP contribution in [0.3, 0.4) is 0 Å². The van der Waals surface area contributed by atoms with E-state index < -0.39 is 24.0 Å². The first kappa shape index (κ1) is 21.1. The number of hydrogen-bond donors (Lipinski definition) is 3. The van der Waals surface area contributed by atoms with E-state index in [9.17, 15) is 13.6 Å². The number of alkyl halides is 1. The van der Waals surface area contributed by atoms with Crippen LogP contribution >= 0.6 is 11.6 Å². The maximum Gasteiger partial charge on any atom is 0.258 e. The number of fused-ring (bicyclic) bond motifs is 2. The molecule has 3 saturated heterocycles. The number of halogens is 3. The third-order valence-electron chi connectivity index (χ3n) is 6.28. The molecule has 3 N–H and O–H groups in total. The van der Waals surface area contributed by atoms with Crippen LogP contribution in [0, 0.1) is 11.2 Å².